The number of ether oxygens (including phenoxy) is 1. The van der Waals surface area contributed by atoms with Crippen molar-refractivity contribution in [2.75, 3.05) is 13.7 Å². The van der Waals surface area contributed by atoms with E-state index in [2.05, 4.69) is 4.99 Å². The van der Waals surface area contributed by atoms with Gasteiger partial charge >= 0.3 is 5.97 Å². The van der Waals surface area contributed by atoms with Gasteiger partial charge in [-0.3, -0.25) is 9.69 Å². The van der Waals surface area contributed by atoms with Gasteiger partial charge < -0.3 is 9.15 Å². The smallest absolute Gasteiger partial charge is 0.338 e. The Hall–Kier alpha value is -3.29. The number of likely N-dealkylation sites (N-methyl/N-ethyl adjacent to an activating group) is 1. The third-order valence-corrected chi connectivity index (χ3v) is 5.95. The van der Waals surface area contributed by atoms with Crippen molar-refractivity contribution in [3.63, 3.8) is 0 Å². The summed E-state index contributed by atoms with van der Waals surface area (Å²) in [6.45, 7) is 2.09. The molecule has 1 aliphatic rings. The van der Waals surface area contributed by atoms with E-state index in [1.807, 2.05) is 6.07 Å². The van der Waals surface area contributed by atoms with Crippen LogP contribution in [0.5, 0.6) is 0 Å². The molecule has 8 heteroatoms. The molecule has 0 unspecified atom stereocenters. The van der Waals surface area contributed by atoms with Gasteiger partial charge in [-0.25, -0.2) is 9.79 Å². The van der Waals surface area contributed by atoms with Crippen LogP contribution in [-0.4, -0.2) is 35.6 Å². The minimum atomic E-state index is -0.360. The molecule has 0 atom stereocenters. The monoisotopic (exact) mass is 466 g/mol. The van der Waals surface area contributed by atoms with Gasteiger partial charge in [0.2, 0.25) is 0 Å². The molecule has 0 aliphatic carbocycles. The molecule has 1 saturated heterocycles. The number of thioether (sulfide) groups is 1. The normalized spacial score (nSPS) is 16.2. The van der Waals surface area contributed by atoms with E-state index in [0.29, 0.717) is 44.5 Å². The first-order chi connectivity index (χ1) is 15.4. The maximum absolute atomic E-state index is 12.6. The molecule has 32 heavy (non-hydrogen) atoms. The van der Waals surface area contributed by atoms with Crippen molar-refractivity contribution in [1.82, 2.24) is 4.90 Å². The van der Waals surface area contributed by atoms with Crippen molar-refractivity contribution < 1.29 is 18.7 Å². The lowest BCUT2D eigenvalue weighted by Gasteiger charge is -2.06. The molecule has 2 heterocycles. The van der Waals surface area contributed by atoms with E-state index in [0.717, 1.165) is 5.56 Å². The molecule has 0 N–H and O–H groups in total. The minimum absolute atomic E-state index is 0.153. The fraction of sp³-hybridized carbons (Fsp3) is 0.125. The molecule has 1 amide bonds. The van der Waals surface area contributed by atoms with E-state index in [4.69, 9.17) is 20.8 Å². The number of nitrogens with zero attached hydrogens (tertiary/aromatic N) is 2. The Kier molecular flexibility index (Phi) is 6.48. The van der Waals surface area contributed by atoms with E-state index in [9.17, 15) is 9.59 Å². The Morgan fingerprint density at radius 1 is 1.12 bits per heavy atom. The Morgan fingerprint density at radius 2 is 1.84 bits per heavy atom. The summed E-state index contributed by atoms with van der Waals surface area (Å²) in [6, 6.07) is 17.7. The average Bonchev–Trinajstić information content (AvgIpc) is 3.36. The van der Waals surface area contributed by atoms with Gasteiger partial charge in [0.1, 0.15) is 11.5 Å². The molecule has 3 aromatic rings. The number of benzene rings is 2. The number of hydrogen-bond donors (Lipinski definition) is 0. The van der Waals surface area contributed by atoms with Gasteiger partial charge in [0.15, 0.2) is 5.17 Å². The van der Waals surface area contributed by atoms with Crippen molar-refractivity contribution in [3.8, 4) is 11.3 Å². The van der Waals surface area contributed by atoms with Crippen LogP contribution in [0, 0.1) is 0 Å². The highest BCUT2D eigenvalue weighted by Gasteiger charge is 2.30. The van der Waals surface area contributed by atoms with E-state index in [1.165, 1.54) is 16.7 Å². The predicted molar refractivity (Wildman–Crippen MR) is 127 cm³/mol. The van der Waals surface area contributed by atoms with Crippen molar-refractivity contribution in [3.05, 3.63) is 81.9 Å². The number of furan rings is 1. The second-order valence-corrected chi connectivity index (χ2v) is 8.29. The van der Waals surface area contributed by atoms with Gasteiger partial charge in [-0.15, -0.1) is 0 Å². The highest BCUT2D eigenvalue weighted by atomic mass is 35.5. The number of esters is 1. The van der Waals surface area contributed by atoms with Gasteiger partial charge in [-0.1, -0.05) is 23.7 Å². The third kappa shape index (κ3) is 4.79. The van der Waals surface area contributed by atoms with E-state index in [1.54, 1.807) is 74.6 Å². The highest BCUT2D eigenvalue weighted by Crippen LogP contribution is 2.34. The maximum atomic E-state index is 12.6. The predicted octanol–water partition coefficient (Wildman–Crippen LogP) is 6.01. The van der Waals surface area contributed by atoms with Crippen molar-refractivity contribution >= 4 is 52.2 Å². The third-order valence-electron chi connectivity index (χ3n) is 4.64. The van der Waals surface area contributed by atoms with Gasteiger partial charge in [-0.2, -0.15) is 0 Å². The number of aliphatic imine (C=N–C) groups is 1. The summed E-state index contributed by atoms with van der Waals surface area (Å²) in [7, 11) is 1.68. The van der Waals surface area contributed by atoms with Crippen LogP contribution in [0.1, 0.15) is 23.0 Å². The first-order valence-electron chi connectivity index (χ1n) is 9.84. The van der Waals surface area contributed by atoms with Crippen LogP contribution in [-0.2, 0) is 9.53 Å². The zero-order chi connectivity index (χ0) is 22.7. The Morgan fingerprint density at radius 3 is 2.53 bits per heavy atom. The fourth-order valence-corrected chi connectivity index (χ4v) is 4.07. The highest BCUT2D eigenvalue weighted by molar-refractivity contribution is 8.18. The number of carbonyl (C=O) groups is 2. The molecule has 1 fully saturated rings. The summed E-state index contributed by atoms with van der Waals surface area (Å²) in [5.41, 5.74) is 2.01. The second-order valence-electron chi connectivity index (χ2n) is 6.85. The van der Waals surface area contributed by atoms with E-state index in [-0.39, 0.29) is 11.9 Å². The van der Waals surface area contributed by atoms with Gasteiger partial charge in [0.25, 0.3) is 5.91 Å². The Labute approximate surface area is 194 Å². The summed E-state index contributed by atoms with van der Waals surface area (Å²) in [6.07, 6.45) is 1.70. The second kappa shape index (κ2) is 9.46. The lowest BCUT2D eigenvalue weighted by Crippen LogP contribution is -2.23. The van der Waals surface area contributed by atoms with Crippen molar-refractivity contribution in [2.24, 2.45) is 4.99 Å². The molecule has 4 rings (SSSR count). The maximum Gasteiger partial charge on any atom is 0.338 e. The molecule has 0 saturated carbocycles. The van der Waals surface area contributed by atoms with Crippen LogP contribution in [0.15, 0.2) is 75.0 Å². The van der Waals surface area contributed by atoms with Crippen LogP contribution in [0.2, 0.25) is 5.02 Å². The summed E-state index contributed by atoms with van der Waals surface area (Å²) >= 11 is 7.19. The molecule has 0 radical (unpaired) electrons. The van der Waals surface area contributed by atoms with E-state index < -0.39 is 0 Å². The Balaban J connectivity index is 1.52. The summed E-state index contributed by atoms with van der Waals surface area (Å²) in [5, 5.41) is 1.20. The first-order valence-corrected chi connectivity index (χ1v) is 11.0. The standard InChI is InChI=1S/C24H19ClN2O4S/c1-3-30-23(29)16-6-4-15(5-7-16)20-13-12-19(31-20)14-21-22(28)27(2)24(32-21)26-18-10-8-17(25)9-11-18/h4-14H,3H2,1-2H3. The quantitative estimate of drug-likeness (QED) is 0.340. The average molecular weight is 467 g/mol. The molecule has 0 bridgehead atoms. The van der Waals surface area contributed by atoms with Crippen LogP contribution >= 0.6 is 23.4 Å². The molecule has 1 aliphatic heterocycles. The van der Waals surface area contributed by atoms with E-state index >= 15 is 0 Å². The zero-order valence-electron chi connectivity index (χ0n) is 17.4. The number of halogens is 1. The molecular weight excluding hydrogens is 448 g/mol. The molecular formula is C24H19ClN2O4S. The number of amidine groups is 1. The van der Waals surface area contributed by atoms with Gasteiger partial charge in [0.05, 0.1) is 22.8 Å². The SMILES string of the molecule is CCOC(=O)c1ccc(-c2ccc(C=C3SC(=Nc4ccc(Cl)cc4)N(C)C3=O)o2)cc1. The lowest BCUT2D eigenvalue weighted by molar-refractivity contribution is -0.121. The number of rotatable bonds is 5. The topological polar surface area (TPSA) is 72.1 Å². The molecule has 162 valence electrons. The number of carbonyl (C=O) groups excluding carboxylic acids is 2. The zero-order valence-corrected chi connectivity index (χ0v) is 18.9. The molecule has 2 aromatic carbocycles. The van der Waals surface area contributed by atoms with Crippen LogP contribution in [0.3, 0.4) is 0 Å². The number of amides is 1. The van der Waals surface area contributed by atoms with Crippen molar-refractivity contribution in [2.45, 2.75) is 6.92 Å². The number of hydrogen-bond acceptors (Lipinski definition) is 6. The Bertz CT molecular complexity index is 1210. The summed E-state index contributed by atoms with van der Waals surface area (Å²) in [4.78, 5) is 31.0. The fourth-order valence-electron chi connectivity index (χ4n) is 2.98. The molecule has 6 nitrogen and oxygen atoms in total. The van der Waals surface area contributed by atoms with Crippen LogP contribution in [0.25, 0.3) is 17.4 Å². The first kappa shape index (κ1) is 21.9. The molecule has 1 aromatic heterocycles. The lowest BCUT2D eigenvalue weighted by atomic mass is 10.1. The van der Waals surface area contributed by atoms with Crippen LogP contribution < -0.4 is 0 Å². The van der Waals surface area contributed by atoms with Crippen LogP contribution in [0.4, 0.5) is 5.69 Å². The largest absolute Gasteiger partial charge is 0.462 e. The summed E-state index contributed by atoms with van der Waals surface area (Å²) in [5.74, 6) is 0.665. The summed E-state index contributed by atoms with van der Waals surface area (Å²) < 4.78 is 10.9. The molecule has 0 spiro atoms. The van der Waals surface area contributed by atoms with Gasteiger partial charge in [-0.05, 0) is 67.2 Å². The van der Waals surface area contributed by atoms with Crippen molar-refractivity contribution in [1.29, 1.82) is 0 Å². The minimum Gasteiger partial charge on any atom is -0.462 e. The van der Waals surface area contributed by atoms with Gasteiger partial charge in [0, 0.05) is 23.7 Å².